The maximum absolute atomic E-state index is 11.1. The molecule has 0 bridgehead atoms. The predicted molar refractivity (Wildman–Crippen MR) is 66.3 cm³/mol. The summed E-state index contributed by atoms with van der Waals surface area (Å²) < 4.78 is 1.60. The average molecular weight is 246 g/mol. The van der Waals surface area contributed by atoms with Crippen LogP contribution in [0.1, 0.15) is 0 Å². The van der Waals surface area contributed by atoms with Crippen molar-refractivity contribution >= 4 is 17.2 Å². The van der Waals surface area contributed by atoms with Gasteiger partial charge in [-0.15, -0.1) is 0 Å². The van der Waals surface area contributed by atoms with Crippen molar-refractivity contribution in [2.45, 2.75) is 0 Å². The molecule has 0 radical (unpaired) electrons. The highest BCUT2D eigenvalue weighted by molar-refractivity contribution is 6.30. The van der Waals surface area contributed by atoms with Crippen molar-refractivity contribution in [2.75, 3.05) is 0 Å². The molecule has 0 aliphatic heterocycles. The number of nitrogens with zero attached hydrogens (tertiary/aromatic N) is 2. The maximum Gasteiger partial charge on any atom is 0.266 e. The van der Waals surface area contributed by atoms with Crippen LogP contribution in [0.5, 0.6) is 0 Å². The highest BCUT2D eigenvalue weighted by atomic mass is 35.5. The monoisotopic (exact) mass is 245 g/mol. The Labute approximate surface area is 101 Å². The first-order valence-electron chi connectivity index (χ1n) is 5.06. The van der Waals surface area contributed by atoms with Gasteiger partial charge in [0.1, 0.15) is 0 Å². The van der Waals surface area contributed by atoms with E-state index in [0.29, 0.717) is 10.7 Å². The Morgan fingerprint density at radius 2 is 1.94 bits per heavy atom. The molecule has 0 fully saturated rings. The lowest BCUT2D eigenvalue weighted by Gasteiger charge is -2.02. The second-order valence-corrected chi connectivity index (χ2v) is 4.13. The Hall–Kier alpha value is -2.07. The Balaban J connectivity index is 2.17. The summed E-state index contributed by atoms with van der Waals surface area (Å²) in [6.45, 7) is 0. The van der Waals surface area contributed by atoms with E-state index < -0.39 is 0 Å². The Morgan fingerprint density at radius 1 is 1.18 bits per heavy atom. The van der Waals surface area contributed by atoms with E-state index in [1.165, 1.54) is 6.07 Å². The molecular formula is C12H8ClN3O. The van der Waals surface area contributed by atoms with E-state index in [9.17, 15) is 4.79 Å². The van der Waals surface area contributed by atoms with Gasteiger partial charge in [-0.1, -0.05) is 23.7 Å². The second kappa shape index (κ2) is 3.75. The molecule has 0 amide bonds. The third kappa shape index (κ3) is 1.83. The molecule has 0 aliphatic carbocycles. The van der Waals surface area contributed by atoms with Crippen molar-refractivity contribution in [3.8, 4) is 11.1 Å². The summed E-state index contributed by atoms with van der Waals surface area (Å²) in [5, 5.41) is 3.34. The largest absolute Gasteiger partial charge is 0.268 e. The molecule has 1 aromatic carbocycles. The molecule has 17 heavy (non-hydrogen) atoms. The molecule has 0 spiro atoms. The lowest BCUT2D eigenvalue weighted by atomic mass is 10.1. The molecule has 0 unspecified atom stereocenters. The van der Waals surface area contributed by atoms with E-state index in [1.54, 1.807) is 10.7 Å². The van der Waals surface area contributed by atoms with Gasteiger partial charge >= 0.3 is 0 Å². The standard InChI is InChI=1S/C12H8ClN3O/c13-10-3-1-8(2-4-10)9-6-14-11-5-12(17)15-16(11)7-9/h1-7H,(H,15,17). The van der Waals surface area contributed by atoms with Gasteiger partial charge in [-0.25, -0.2) is 9.50 Å². The fourth-order valence-corrected chi connectivity index (χ4v) is 1.82. The Bertz CT molecular complexity index is 727. The molecular weight excluding hydrogens is 238 g/mol. The van der Waals surface area contributed by atoms with Crippen LogP contribution in [0, 0.1) is 0 Å². The first-order chi connectivity index (χ1) is 8.22. The van der Waals surface area contributed by atoms with Gasteiger partial charge in [-0.2, -0.15) is 0 Å². The van der Waals surface area contributed by atoms with E-state index in [0.717, 1.165) is 11.1 Å². The van der Waals surface area contributed by atoms with Gasteiger partial charge in [0.25, 0.3) is 5.56 Å². The molecule has 4 nitrogen and oxygen atoms in total. The minimum Gasteiger partial charge on any atom is -0.268 e. The minimum atomic E-state index is -0.161. The zero-order valence-electron chi connectivity index (χ0n) is 8.72. The van der Waals surface area contributed by atoms with Crippen molar-refractivity contribution < 1.29 is 0 Å². The van der Waals surface area contributed by atoms with Crippen molar-refractivity contribution in [3.63, 3.8) is 0 Å². The summed E-state index contributed by atoms with van der Waals surface area (Å²) in [6, 6.07) is 8.91. The van der Waals surface area contributed by atoms with Crippen LogP contribution in [0.2, 0.25) is 5.02 Å². The highest BCUT2D eigenvalue weighted by Gasteiger charge is 2.02. The van der Waals surface area contributed by atoms with Gasteiger partial charge in [0.05, 0.1) is 0 Å². The molecule has 0 atom stereocenters. The minimum absolute atomic E-state index is 0.161. The van der Waals surface area contributed by atoms with Gasteiger partial charge in [-0.3, -0.25) is 9.89 Å². The van der Waals surface area contributed by atoms with Crippen LogP contribution in [0.3, 0.4) is 0 Å². The van der Waals surface area contributed by atoms with Crippen molar-refractivity contribution in [1.82, 2.24) is 14.6 Å². The fourth-order valence-electron chi connectivity index (χ4n) is 1.69. The van der Waals surface area contributed by atoms with E-state index >= 15 is 0 Å². The first-order valence-corrected chi connectivity index (χ1v) is 5.43. The number of hydrogen-bond donors (Lipinski definition) is 1. The summed E-state index contributed by atoms with van der Waals surface area (Å²) in [6.07, 6.45) is 3.55. The molecule has 0 saturated carbocycles. The zero-order valence-corrected chi connectivity index (χ0v) is 9.48. The summed E-state index contributed by atoms with van der Waals surface area (Å²) in [4.78, 5) is 15.3. The molecule has 3 aromatic rings. The van der Waals surface area contributed by atoms with Crippen molar-refractivity contribution in [2.24, 2.45) is 0 Å². The van der Waals surface area contributed by atoms with Crippen molar-refractivity contribution in [3.05, 3.63) is 58.1 Å². The molecule has 84 valence electrons. The van der Waals surface area contributed by atoms with E-state index in [4.69, 9.17) is 11.6 Å². The van der Waals surface area contributed by atoms with Gasteiger partial charge in [0.15, 0.2) is 5.65 Å². The third-order valence-electron chi connectivity index (χ3n) is 2.52. The lowest BCUT2D eigenvalue weighted by molar-refractivity contribution is 0.921. The molecule has 0 saturated heterocycles. The fraction of sp³-hybridized carbons (Fsp3) is 0. The topological polar surface area (TPSA) is 50.2 Å². The summed E-state index contributed by atoms with van der Waals surface area (Å²) in [7, 11) is 0. The van der Waals surface area contributed by atoms with Crippen LogP contribution in [-0.2, 0) is 0 Å². The zero-order chi connectivity index (χ0) is 11.8. The van der Waals surface area contributed by atoms with Crippen LogP contribution in [0.15, 0.2) is 47.5 Å². The quantitative estimate of drug-likeness (QED) is 0.715. The van der Waals surface area contributed by atoms with Crippen LogP contribution < -0.4 is 5.56 Å². The smallest absolute Gasteiger partial charge is 0.266 e. The number of H-pyrrole nitrogens is 1. The summed E-state index contributed by atoms with van der Waals surface area (Å²) >= 11 is 5.83. The van der Waals surface area contributed by atoms with Gasteiger partial charge < -0.3 is 0 Å². The van der Waals surface area contributed by atoms with Gasteiger partial charge in [0.2, 0.25) is 0 Å². The van der Waals surface area contributed by atoms with Crippen LogP contribution in [0.4, 0.5) is 0 Å². The second-order valence-electron chi connectivity index (χ2n) is 3.70. The van der Waals surface area contributed by atoms with Gasteiger partial charge in [-0.05, 0) is 17.7 Å². The normalized spacial score (nSPS) is 10.9. The molecule has 2 aromatic heterocycles. The SMILES string of the molecule is O=c1cc2ncc(-c3ccc(Cl)cc3)cn2[nH]1. The van der Waals surface area contributed by atoms with Crippen molar-refractivity contribution in [1.29, 1.82) is 0 Å². The molecule has 5 heteroatoms. The first kappa shape index (κ1) is 10.1. The summed E-state index contributed by atoms with van der Waals surface area (Å²) in [5.74, 6) is 0. The Kier molecular flexibility index (Phi) is 2.23. The average Bonchev–Trinajstić information content (AvgIpc) is 2.69. The number of hydrogen-bond acceptors (Lipinski definition) is 2. The van der Waals surface area contributed by atoms with E-state index in [1.807, 2.05) is 30.5 Å². The number of nitrogens with one attached hydrogen (secondary N) is 1. The van der Waals surface area contributed by atoms with Gasteiger partial charge in [0, 0.05) is 29.0 Å². The number of halogens is 1. The lowest BCUT2D eigenvalue weighted by Crippen LogP contribution is -1.98. The van der Waals surface area contributed by atoms with Crippen LogP contribution in [-0.4, -0.2) is 14.6 Å². The Morgan fingerprint density at radius 3 is 2.71 bits per heavy atom. The number of aromatic nitrogens is 3. The molecule has 2 heterocycles. The summed E-state index contributed by atoms with van der Waals surface area (Å²) in [5.41, 5.74) is 2.36. The van der Waals surface area contributed by atoms with E-state index in [-0.39, 0.29) is 5.56 Å². The van der Waals surface area contributed by atoms with Crippen LogP contribution in [0.25, 0.3) is 16.8 Å². The number of benzene rings is 1. The number of fused-ring (bicyclic) bond motifs is 1. The van der Waals surface area contributed by atoms with Crippen LogP contribution >= 0.6 is 11.6 Å². The number of rotatable bonds is 1. The third-order valence-corrected chi connectivity index (χ3v) is 2.77. The highest BCUT2D eigenvalue weighted by Crippen LogP contribution is 2.20. The molecule has 3 rings (SSSR count). The number of aromatic amines is 1. The molecule has 1 N–H and O–H groups in total. The molecule has 0 aliphatic rings. The maximum atomic E-state index is 11.1. The predicted octanol–water partition coefficient (Wildman–Crippen LogP) is 2.34. The van der Waals surface area contributed by atoms with E-state index in [2.05, 4.69) is 10.1 Å².